The number of nitrogen functional groups attached to an aromatic ring is 1. The highest BCUT2D eigenvalue weighted by Crippen LogP contribution is 2.53. The van der Waals surface area contributed by atoms with Gasteiger partial charge >= 0.3 is 13.7 Å². The first kappa shape index (κ1) is 28.6. The monoisotopic (exact) mass is 538 g/mol. The van der Waals surface area contributed by atoms with E-state index in [-0.39, 0.29) is 26.2 Å². The molecule has 0 heterocycles. The molecular formula is C28H31N2O7P. The molecule has 0 bridgehead atoms. The summed E-state index contributed by atoms with van der Waals surface area (Å²) in [5.41, 5.74) is 7.15. The summed E-state index contributed by atoms with van der Waals surface area (Å²) in [7, 11) is -4.07. The van der Waals surface area contributed by atoms with Gasteiger partial charge in [-0.1, -0.05) is 54.5 Å². The molecular weight excluding hydrogens is 507 g/mol. The summed E-state index contributed by atoms with van der Waals surface area (Å²) in [4.78, 5) is 12.7. The third kappa shape index (κ3) is 9.83. The van der Waals surface area contributed by atoms with Crippen molar-refractivity contribution in [3.63, 3.8) is 0 Å². The largest absolute Gasteiger partial charge is 0.453 e. The summed E-state index contributed by atoms with van der Waals surface area (Å²) in [5.74, 6) is 1.91. The number of nitrogens with one attached hydrogen (secondary N) is 1. The van der Waals surface area contributed by atoms with Crippen LogP contribution in [0.15, 0.2) is 84.9 Å². The molecule has 38 heavy (non-hydrogen) atoms. The fraction of sp³-hybridized carbons (Fsp3) is 0.250. The van der Waals surface area contributed by atoms with Crippen molar-refractivity contribution >= 4 is 19.4 Å². The number of benzene rings is 3. The van der Waals surface area contributed by atoms with Crippen molar-refractivity contribution in [2.75, 3.05) is 38.8 Å². The minimum Gasteiger partial charge on any atom is -0.447 e. The van der Waals surface area contributed by atoms with Crippen LogP contribution in [0.1, 0.15) is 5.56 Å². The minimum atomic E-state index is -4.07. The van der Waals surface area contributed by atoms with Crippen LogP contribution in [0.3, 0.4) is 0 Å². The molecule has 1 amide bonds. The van der Waals surface area contributed by atoms with Gasteiger partial charge in [0.05, 0.1) is 19.8 Å². The lowest BCUT2D eigenvalue weighted by molar-refractivity contribution is 0.0357. The average Bonchev–Trinajstić information content (AvgIpc) is 2.92. The molecule has 0 spiro atoms. The van der Waals surface area contributed by atoms with E-state index in [0.29, 0.717) is 30.4 Å². The molecule has 3 aromatic rings. The number of amides is 1. The Morgan fingerprint density at radius 2 is 1.39 bits per heavy atom. The molecule has 0 radical (unpaired) electrons. The molecule has 3 N–H and O–H groups in total. The van der Waals surface area contributed by atoms with Crippen LogP contribution in [0.25, 0.3) is 0 Å². The lowest BCUT2D eigenvalue weighted by Gasteiger charge is -2.28. The van der Waals surface area contributed by atoms with Gasteiger partial charge in [0, 0.05) is 12.1 Å². The van der Waals surface area contributed by atoms with Crippen LogP contribution in [-0.4, -0.2) is 44.9 Å². The number of alkyl carbamates (subject to hydrolysis) is 1. The molecule has 0 aromatic heterocycles. The van der Waals surface area contributed by atoms with Crippen molar-refractivity contribution in [2.24, 2.45) is 0 Å². The molecule has 200 valence electrons. The van der Waals surface area contributed by atoms with Gasteiger partial charge < -0.3 is 34.3 Å². The van der Waals surface area contributed by atoms with E-state index < -0.39 is 19.5 Å². The number of rotatable bonds is 15. The summed E-state index contributed by atoms with van der Waals surface area (Å²) < 4.78 is 42.0. The molecule has 0 saturated carbocycles. The Morgan fingerprint density at radius 3 is 1.97 bits per heavy atom. The third-order valence-corrected chi connectivity index (χ3v) is 7.05. The standard InChI is InChI=1S/C28H31N2O7P/c1-2-17-33-18-19-34-20-21-35-28(31)30-27(22-23-13-15-24(29)16-14-23)38(32,36-25-9-5-3-6-10-25)37-26-11-7-4-8-12-26/h1,3-16,27H,17-22,29H2,(H,30,31). The van der Waals surface area contributed by atoms with Gasteiger partial charge in [-0.05, 0) is 42.0 Å². The zero-order chi connectivity index (χ0) is 27.1. The van der Waals surface area contributed by atoms with E-state index >= 15 is 0 Å². The van der Waals surface area contributed by atoms with Gasteiger partial charge in [-0.15, -0.1) is 6.42 Å². The fourth-order valence-corrected chi connectivity index (χ4v) is 5.06. The van der Waals surface area contributed by atoms with E-state index in [9.17, 15) is 9.36 Å². The molecule has 3 aromatic carbocycles. The number of carbonyl (C=O) groups is 1. The number of carbonyl (C=O) groups excluding carboxylic acids is 1. The Morgan fingerprint density at radius 1 is 0.842 bits per heavy atom. The second-order valence-corrected chi connectivity index (χ2v) is 10.0. The quantitative estimate of drug-likeness (QED) is 0.122. The number of nitrogens with two attached hydrogens (primary N) is 1. The molecule has 1 atom stereocenters. The van der Waals surface area contributed by atoms with E-state index in [1.807, 2.05) is 0 Å². The van der Waals surface area contributed by atoms with Gasteiger partial charge in [0.1, 0.15) is 24.7 Å². The van der Waals surface area contributed by atoms with E-state index in [0.717, 1.165) is 5.56 Å². The Kier molecular flexibility index (Phi) is 11.5. The Balaban J connectivity index is 1.75. The van der Waals surface area contributed by atoms with E-state index in [1.54, 1.807) is 84.9 Å². The van der Waals surface area contributed by atoms with Crippen molar-refractivity contribution in [1.82, 2.24) is 5.32 Å². The summed E-state index contributed by atoms with van der Waals surface area (Å²) in [6, 6.07) is 24.2. The van der Waals surface area contributed by atoms with Gasteiger partial charge in [0.25, 0.3) is 0 Å². The molecule has 1 unspecified atom stereocenters. The van der Waals surface area contributed by atoms with Gasteiger partial charge in [0.2, 0.25) is 0 Å². The molecule has 9 nitrogen and oxygen atoms in total. The highest BCUT2D eigenvalue weighted by molar-refractivity contribution is 7.55. The molecule has 3 rings (SSSR count). The van der Waals surface area contributed by atoms with Gasteiger partial charge in [-0.2, -0.15) is 0 Å². The van der Waals surface area contributed by atoms with Gasteiger partial charge in [-0.25, -0.2) is 9.36 Å². The van der Waals surface area contributed by atoms with Gasteiger partial charge in [0.15, 0.2) is 5.78 Å². The summed E-state index contributed by atoms with van der Waals surface area (Å²) in [5, 5.41) is 2.67. The molecule has 0 saturated heterocycles. The highest BCUT2D eigenvalue weighted by Gasteiger charge is 2.41. The van der Waals surface area contributed by atoms with Crippen LogP contribution in [0.2, 0.25) is 0 Å². The topological polar surface area (TPSA) is 118 Å². The number of para-hydroxylation sites is 2. The van der Waals surface area contributed by atoms with Crippen LogP contribution in [0, 0.1) is 12.3 Å². The van der Waals surface area contributed by atoms with E-state index in [2.05, 4.69) is 11.2 Å². The minimum absolute atomic E-state index is 0.0288. The first-order valence-corrected chi connectivity index (χ1v) is 13.6. The molecule has 0 aliphatic rings. The maximum Gasteiger partial charge on any atom is 0.453 e. The predicted octanol–water partition coefficient (Wildman–Crippen LogP) is 4.88. The van der Waals surface area contributed by atoms with Crippen LogP contribution in [0.5, 0.6) is 11.5 Å². The van der Waals surface area contributed by atoms with Crippen LogP contribution in [-0.2, 0) is 25.2 Å². The number of ether oxygens (including phenoxy) is 3. The van der Waals surface area contributed by atoms with Gasteiger partial charge in [-0.3, -0.25) is 0 Å². The fourth-order valence-electron chi connectivity index (χ4n) is 3.24. The van der Waals surface area contributed by atoms with Crippen molar-refractivity contribution in [1.29, 1.82) is 0 Å². The van der Waals surface area contributed by atoms with Crippen molar-refractivity contribution in [3.8, 4) is 23.8 Å². The van der Waals surface area contributed by atoms with Crippen molar-refractivity contribution in [3.05, 3.63) is 90.5 Å². The number of hydrogen-bond donors (Lipinski definition) is 2. The second-order valence-electron chi connectivity index (χ2n) is 7.96. The van der Waals surface area contributed by atoms with E-state index in [1.165, 1.54) is 0 Å². The van der Waals surface area contributed by atoms with Crippen LogP contribution in [0.4, 0.5) is 10.5 Å². The SMILES string of the molecule is C#CCOCCOCCOC(=O)NC(Cc1ccc(N)cc1)P(=O)(Oc1ccccc1)Oc1ccccc1. The maximum absolute atomic E-state index is 14.4. The van der Waals surface area contributed by atoms with Crippen molar-refractivity contribution < 1.29 is 32.6 Å². The zero-order valence-electron chi connectivity index (χ0n) is 20.9. The third-order valence-electron chi connectivity index (χ3n) is 5.04. The number of anilines is 1. The lowest BCUT2D eigenvalue weighted by Crippen LogP contribution is -2.39. The normalized spacial score (nSPS) is 11.7. The molecule has 0 fully saturated rings. The first-order valence-electron chi connectivity index (χ1n) is 11.9. The smallest absolute Gasteiger partial charge is 0.447 e. The van der Waals surface area contributed by atoms with E-state index in [4.69, 9.17) is 35.4 Å². The Bertz CT molecular complexity index is 1160. The average molecular weight is 539 g/mol. The molecule has 0 aliphatic carbocycles. The summed E-state index contributed by atoms with van der Waals surface area (Å²) in [6.45, 7) is 0.954. The first-order chi connectivity index (χ1) is 18.5. The Labute approximate surface area is 222 Å². The Hall–Kier alpha value is -3.96. The number of hydrogen-bond acceptors (Lipinski definition) is 8. The predicted molar refractivity (Wildman–Crippen MR) is 145 cm³/mol. The molecule has 10 heteroatoms. The lowest BCUT2D eigenvalue weighted by atomic mass is 10.1. The highest BCUT2D eigenvalue weighted by atomic mass is 31.2. The summed E-state index contributed by atoms with van der Waals surface area (Å²) in [6.07, 6.45) is 4.43. The van der Waals surface area contributed by atoms with Crippen LogP contribution < -0.4 is 20.1 Å². The van der Waals surface area contributed by atoms with Crippen molar-refractivity contribution in [2.45, 2.75) is 12.2 Å². The number of terminal acetylenes is 1. The maximum atomic E-state index is 14.4. The van der Waals surface area contributed by atoms with Crippen LogP contribution >= 0.6 is 7.60 Å². The second kappa shape index (κ2) is 15.3. The summed E-state index contributed by atoms with van der Waals surface area (Å²) >= 11 is 0. The zero-order valence-corrected chi connectivity index (χ0v) is 21.8. The molecule has 0 aliphatic heterocycles.